The number of anilines is 1. The molecule has 0 radical (unpaired) electrons. The second-order valence-corrected chi connectivity index (χ2v) is 6.03. The second kappa shape index (κ2) is 4.31. The molecule has 0 amide bonds. The summed E-state index contributed by atoms with van der Waals surface area (Å²) in [4.78, 5) is 5.72. The van der Waals surface area contributed by atoms with E-state index in [2.05, 4.69) is 20.5 Å². The summed E-state index contributed by atoms with van der Waals surface area (Å²) in [7, 11) is 0. The monoisotopic (exact) mass is 281 g/mol. The lowest BCUT2D eigenvalue weighted by Crippen LogP contribution is -2.63. The molecular formula is C13H17F2N5. The third-order valence-corrected chi connectivity index (χ3v) is 4.67. The molecule has 5 nitrogen and oxygen atoms in total. The van der Waals surface area contributed by atoms with Gasteiger partial charge in [-0.15, -0.1) is 10.2 Å². The Kier molecular flexibility index (Phi) is 2.67. The van der Waals surface area contributed by atoms with Gasteiger partial charge in [-0.3, -0.25) is 0 Å². The van der Waals surface area contributed by atoms with Crippen LogP contribution in [0.4, 0.5) is 14.6 Å². The summed E-state index contributed by atoms with van der Waals surface area (Å²) in [5, 5.41) is 10.8. The third-order valence-electron chi connectivity index (χ3n) is 4.67. The Bertz CT molecular complexity index is 493. The predicted molar refractivity (Wildman–Crippen MR) is 68.6 cm³/mol. The first kappa shape index (κ1) is 12.4. The zero-order valence-electron chi connectivity index (χ0n) is 11.0. The molecule has 2 aliphatic heterocycles. The van der Waals surface area contributed by atoms with Crippen molar-refractivity contribution in [1.29, 1.82) is 0 Å². The van der Waals surface area contributed by atoms with E-state index in [0.717, 1.165) is 19.3 Å². The number of nitrogens with one attached hydrogen (secondary N) is 1. The van der Waals surface area contributed by atoms with Gasteiger partial charge >= 0.3 is 0 Å². The van der Waals surface area contributed by atoms with Crippen LogP contribution in [-0.2, 0) is 0 Å². The average molecular weight is 281 g/mol. The van der Waals surface area contributed by atoms with Crippen LogP contribution in [0, 0.1) is 0 Å². The smallest absolute Gasteiger partial charge is 0.283 e. The molecule has 108 valence electrons. The fraction of sp³-hybridized carbons (Fsp3) is 0.769. The van der Waals surface area contributed by atoms with Gasteiger partial charge in [0.05, 0.1) is 18.3 Å². The van der Waals surface area contributed by atoms with Crippen molar-refractivity contribution in [2.75, 3.05) is 4.90 Å². The number of fused-ring (bicyclic) bond motifs is 2. The van der Waals surface area contributed by atoms with Crippen LogP contribution in [0.2, 0.25) is 0 Å². The van der Waals surface area contributed by atoms with Crippen molar-refractivity contribution in [3.05, 3.63) is 12.5 Å². The molecule has 2 saturated heterocycles. The molecule has 3 fully saturated rings. The van der Waals surface area contributed by atoms with Crippen molar-refractivity contribution >= 4 is 5.82 Å². The van der Waals surface area contributed by atoms with Crippen LogP contribution in [0.3, 0.4) is 0 Å². The summed E-state index contributed by atoms with van der Waals surface area (Å²) < 4.78 is 29.4. The summed E-state index contributed by atoms with van der Waals surface area (Å²) >= 11 is 0. The standard InChI is InChI=1S/C13H17F2N5/c14-13(15)10-4-1-8(18-10)5-11(13)20(9-2-3-9)12-6-16-7-17-19-12/h6-11,18H,1-5H2/t8-,10+,11-/m0/s1. The average Bonchev–Trinajstić information content (AvgIpc) is 3.17. The van der Waals surface area contributed by atoms with E-state index >= 15 is 0 Å². The van der Waals surface area contributed by atoms with Crippen molar-refractivity contribution in [2.45, 2.75) is 62.2 Å². The molecule has 1 aromatic rings. The molecule has 20 heavy (non-hydrogen) atoms. The topological polar surface area (TPSA) is 53.9 Å². The quantitative estimate of drug-likeness (QED) is 0.907. The largest absolute Gasteiger partial charge is 0.342 e. The summed E-state index contributed by atoms with van der Waals surface area (Å²) in [6.07, 6.45) is 6.65. The van der Waals surface area contributed by atoms with Crippen molar-refractivity contribution in [3.8, 4) is 0 Å². The zero-order chi connectivity index (χ0) is 13.7. The molecule has 3 heterocycles. The Hall–Kier alpha value is -1.37. The lowest BCUT2D eigenvalue weighted by atomic mass is 9.93. The summed E-state index contributed by atoms with van der Waals surface area (Å²) in [6, 6.07) is -1.11. The molecule has 1 saturated carbocycles. The number of aromatic nitrogens is 3. The van der Waals surface area contributed by atoms with Gasteiger partial charge in [0.2, 0.25) is 0 Å². The van der Waals surface area contributed by atoms with Gasteiger partial charge in [0.25, 0.3) is 5.92 Å². The van der Waals surface area contributed by atoms with Gasteiger partial charge in [0.1, 0.15) is 6.33 Å². The minimum absolute atomic E-state index is 0.168. The maximum absolute atomic E-state index is 14.7. The van der Waals surface area contributed by atoms with E-state index in [4.69, 9.17) is 0 Å². The van der Waals surface area contributed by atoms with E-state index in [1.165, 1.54) is 6.33 Å². The highest BCUT2D eigenvalue weighted by atomic mass is 19.3. The van der Waals surface area contributed by atoms with Crippen LogP contribution in [0.1, 0.15) is 32.1 Å². The second-order valence-electron chi connectivity index (χ2n) is 6.03. The van der Waals surface area contributed by atoms with E-state index in [9.17, 15) is 8.78 Å². The first-order valence-electron chi connectivity index (χ1n) is 7.21. The van der Waals surface area contributed by atoms with Crippen LogP contribution in [0.25, 0.3) is 0 Å². The normalized spacial score (nSPS) is 35.0. The lowest BCUT2D eigenvalue weighted by Gasteiger charge is -2.43. The molecule has 3 aliphatic rings. The van der Waals surface area contributed by atoms with E-state index in [1.807, 2.05) is 0 Å². The van der Waals surface area contributed by atoms with Crippen LogP contribution >= 0.6 is 0 Å². The van der Waals surface area contributed by atoms with Gasteiger partial charge in [-0.05, 0) is 32.1 Å². The summed E-state index contributed by atoms with van der Waals surface area (Å²) in [6.45, 7) is 0. The third kappa shape index (κ3) is 1.87. The molecule has 2 bridgehead atoms. The van der Waals surface area contributed by atoms with Gasteiger partial charge < -0.3 is 10.2 Å². The molecule has 1 aliphatic carbocycles. The maximum Gasteiger partial charge on any atom is 0.283 e. The van der Waals surface area contributed by atoms with Gasteiger partial charge in [0, 0.05) is 12.1 Å². The van der Waals surface area contributed by atoms with Crippen LogP contribution in [0.5, 0.6) is 0 Å². The van der Waals surface area contributed by atoms with Crippen molar-refractivity contribution in [3.63, 3.8) is 0 Å². The number of alkyl halides is 2. The molecule has 1 aromatic heterocycles. The highest BCUT2D eigenvalue weighted by molar-refractivity contribution is 5.42. The summed E-state index contributed by atoms with van der Waals surface area (Å²) in [5.41, 5.74) is 0. The number of piperidine rings is 1. The summed E-state index contributed by atoms with van der Waals surface area (Å²) in [5.74, 6) is -2.24. The fourth-order valence-electron chi connectivity index (χ4n) is 3.58. The van der Waals surface area contributed by atoms with Crippen LogP contribution < -0.4 is 10.2 Å². The molecule has 0 aromatic carbocycles. The Labute approximate surface area is 115 Å². The number of hydrogen-bond acceptors (Lipinski definition) is 5. The first-order chi connectivity index (χ1) is 9.66. The molecule has 3 atom stereocenters. The predicted octanol–water partition coefficient (Wildman–Crippen LogP) is 1.37. The van der Waals surface area contributed by atoms with Crippen LogP contribution in [-0.4, -0.2) is 45.3 Å². The number of nitrogens with zero attached hydrogens (tertiary/aromatic N) is 4. The van der Waals surface area contributed by atoms with E-state index in [-0.39, 0.29) is 12.1 Å². The number of halogens is 2. The minimum atomic E-state index is -2.73. The Morgan fingerprint density at radius 2 is 2.10 bits per heavy atom. The Balaban J connectivity index is 1.69. The van der Waals surface area contributed by atoms with Crippen molar-refractivity contribution in [1.82, 2.24) is 20.5 Å². The van der Waals surface area contributed by atoms with E-state index < -0.39 is 18.0 Å². The van der Waals surface area contributed by atoms with Gasteiger partial charge in [0.15, 0.2) is 5.82 Å². The molecular weight excluding hydrogens is 264 g/mol. The molecule has 0 unspecified atom stereocenters. The molecule has 0 spiro atoms. The van der Waals surface area contributed by atoms with Gasteiger partial charge in [-0.25, -0.2) is 13.8 Å². The van der Waals surface area contributed by atoms with E-state index in [1.54, 1.807) is 11.1 Å². The SMILES string of the molecule is FC1(F)[C@@H](N(c2cncnn2)C2CC2)C[C@@H]2CC[C@H]1N2. The highest BCUT2D eigenvalue weighted by Crippen LogP contribution is 2.45. The Morgan fingerprint density at radius 3 is 2.80 bits per heavy atom. The number of rotatable bonds is 3. The molecule has 1 N–H and O–H groups in total. The molecule has 4 rings (SSSR count). The highest BCUT2D eigenvalue weighted by Gasteiger charge is 2.58. The van der Waals surface area contributed by atoms with Crippen molar-refractivity contribution < 1.29 is 8.78 Å². The first-order valence-corrected chi connectivity index (χ1v) is 7.21. The van der Waals surface area contributed by atoms with Crippen LogP contribution in [0.15, 0.2) is 12.5 Å². The number of hydrogen-bond donors (Lipinski definition) is 1. The Morgan fingerprint density at radius 1 is 1.25 bits per heavy atom. The maximum atomic E-state index is 14.7. The molecule has 7 heteroatoms. The van der Waals surface area contributed by atoms with Crippen molar-refractivity contribution in [2.24, 2.45) is 0 Å². The fourth-order valence-corrected chi connectivity index (χ4v) is 3.58. The van der Waals surface area contributed by atoms with Gasteiger partial charge in [-0.1, -0.05) is 0 Å². The van der Waals surface area contributed by atoms with Gasteiger partial charge in [-0.2, -0.15) is 0 Å². The van der Waals surface area contributed by atoms with E-state index in [0.29, 0.717) is 18.7 Å². The minimum Gasteiger partial charge on any atom is -0.342 e. The zero-order valence-corrected chi connectivity index (χ0v) is 11.0. The lowest BCUT2D eigenvalue weighted by molar-refractivity contribution is -0.0743.